The number of carboxylic acids is 1. The lowest BCUT2D eigenvalue weighted by atomic mass is 10.2. The van der Waals surface area contributed by atoms with Gasteiger partial charge in [0.15, 0.2) is 11.5 Å². The molecule has 0 spiro atoms. The first-order chi connectivity index (χ1) is 8.74. The van der Waals surface area contributed by atoms with E-state index in [-0.39, 0.29) is 6.42 Å². The Balaban J connectivity index is 2.11. The lowest BCUT2D eigenvalue weighted by Crippen LogP contribution is -1.99. The van der Waals surface area contributed by atoms with Gasteiger partial charge in [-0.15, -0.1) is 5.10 Å². The zero-order valence-corrected chi connectivity index (χ0v) is 9.45. The molecule has 0 atom stereocenters. The molecule has 2 heterocycles. The minimum Gasteiger partial charge on any atom is -0.481 e. The third kappa shape index (κ3) is 1.77. The standard InChI is InChI=1S/C12H10N4O2/c17-11(18)6-5-10-14-12-8-3-1-2-4-9(8)13-7-16(12)15-10/h1-4,7H,5-6H2,(H,17,18). The van der Waals surface area contributed by atoms with Crippen LogP contribution in [0.4, 0.5) is 0 Å². The smallest absolute Gasteiger partial charge is 0.303 e. The molecule has 90 valence electrons. The van der Waals surface area contributed by atoms with Crippen LogP contribution in [0.2, 0.25) is 0 Å². The Morgan fingerprint density at radius 1 is 1.33 bits per heavy atom. The van der Waals surface area contributed by atoms with Crippen molar-refractivity contribution in [1.29, 1.82) is 0 Å². The number of para-hydroxylation sites is 1. The number of nitrogens with zero attached hydrogens (tertiary/aromatic N) is 4. The van der Waals surface area contributed by atoms with Gasteiger partial charge in [-0.3, -0.25) is 4.79 Å². The van der Waals surface area contributed by atoms with Gasteiger partial charge in [0.2, 0.25) is 0 Å². The number of carboxylic acid groups (broad SMARTS) is 1. The highest BCUT2D eigenvalue weighted by Gasteiger charge is 2.09. The molecule has 3 rings (SSSR count). The molecule has 0 saturated carbocycles. The number of benzene rings is 1. The van der Waals surface area contributed by atoms with Gasteiger partial charge in [-0.25, -0.2) is 14.5 Å². The van der Waals surface area contributed by atoms with Crippen molar-refractivity contribution < 1.29 is 9.90 Å². The van der Waals surface area contributed by atoms with Gasteiger partial charge in [0.1, 0.15) is 6.33 Å². The summed E-state index contributed by atoms with van der Waals surface area (Å²) in [7, 11) is 0. The first-order valence-corrected chi connectivity index (χ1v) is 5.55. The second-order valence-electron chi connectivity index (χ2n) is 3.95. The van der Waals surface area contributed by atoms with Crippen molar-refractivity contribution in [1.82, 2.24) is 19.6 Å². The number of hydrogen-bond donors (Lipinski definition) is 1. The molecule has 0 aliphatic carbocycles. The van der Waals surface area contributed by atoms with Crippen LogP contribution in [0.1, 0.15) is 12.2 Å². The van der Waals surface area contributed by atoms with E-state index in [1.807, 2.05) is 24.3 Å². The van der Waals surface area contributed by atoms with Crippen molar-refractivity contribution in [2.45, 2.75) is 12.8 Å². The van der Waals surface area contributed by atoms with E-state index in [0.29, 0.717) is 17.9 Å². The highest BCUT2D eigenvalue weighted by Crippen LogP contribution is 2.16. The van der Waals surface area contributed by atoms with Crippen LogP contribution < -0.4 is 0 Å². The monoisotopic (exact) mass is 242 g/mol. The maximum atomic E-state index is 10.5. The Hall–Kier alpha value is -2.50. The van der Waals surface area contributed by atoms with Crippen molar-refractivity contribution in [3.05, 3.63) is 36.4 Å². The molecule has 3 aromatic rings. The molecular formula is C12H10N4O2. The summed E-state index contributed by atoms with van der Waals surface area (Å²) in [4.78, 5) is 19.1. The molecule has 0 radical (unpaired) electrons. The largest absolute Gasteiger partial charge is 0.481 e. The van der Waals surface area contributed by atoms with E-state index in [2.05, 4.69) is 15.1 Å². The highest BCUT2D eigenvalue weighted by molar-refractivity contribution is 5.90. The molecule has 0 amide bonds. The van der Waals surface area contributed by atoms with Gasteiger partial charge in [0.25, 0.3) is 0 Å². The van der Waals surface area contributed by atoms with E-state index in [1.54, 1.807) is 10.8 Å². The van der Waals surface area contributed by atoms with E-state index in [4.69, 9.17) is 5.11 Å². The van der Waals surface area contributed by atoms with Gasteiger partial charge in [0.05, 0.1) is 11.9 Å². The van der Waals surface area contributed by atoms with Crippen molar-refractivity contribution in [2.75, 3.05) is 0 Å². The lowest BCUT2D eigenvalue weighted by molar-refractivity contribution is -0.137. The fourth-order valence-corrected chi connectivity index (χ4v) is 1.85. The normalized spacial score (nSPS) is 11.1. The van der Waals surface area contributed by atoms with Crippen LogP contribution >= 0.6 is 0 Å². The molecule has 0 bridgehead atoms. The van der Waals surface area contributed by atoms with Crippen LogP contribution in [0, 0.1) is 0 Å². The average molecular weight is 242 g/mol. The molecule has 1 aromatic carbocycles. The van der Waals surface area contributed by atoms with E-state index in [9.17, 15) is 4.79 Å². The van der Waals surface area contributed by atoms with Crippen LogP contribution in [0.25, 0.3) is 16.6 Å². The van der Waals surface area contributed by atoms with Gasteiger partial charge in [-0.05, 0) is 12.1 Å². The van der Waals surface area contributed by atoms with Crippen molar-refractivity contribution in [3.8, 4) is 0 Å². The Labute approximate surface area is 102 Å². The highest BCUT2D eigenvalue weighted by atomic mass is 16.4. The summed E-state index contributed by atoms with van der Waals surface area (Å²) < 4.78 is 1.58. The van der Waals surface area contributed by atoms with Gasteiger partial charge >= 0.3 is 5.97 Å². The van der Waals surface area contributed by atoms with Gasteiger partial charge in [-0.1, -0.05) is 12.1 Å². The summed E-state index contributed by atoms with van der Waals surface area (Å²) in [6.07, 6.45) is 1.95. The molecule has 6 nitrogen and oxygen atoms in total. The summed E-state index contributed by atoms with van der Waals surface area (Å²) in [5.74, 6) is -0.326. The number of aromatic nitrogens is 4. The molecule has 18 heavy (non-hydrogen) atoms. The third-order valence-electron chi connectivity index (χ3n) is 2.69. The van der Waals surface area contributed by atoms with Crippen molar-refractivity contribution >= 4 is 22.5 Å². The van der Waals surface area contributed by atoms with Crippen molar-refractivity contribution in [2.24, 2.45) is 0 Å². The van der Waals surface area contributed by atoms with Gasteiger partial charge in [0, 0.05) is 11.8 Å². The average Bonchev–Trinajstić information content (AvgIpc) is 2.79. The Morgan fingerprint density at radius 2 is 2.17 bits per heavy atom. The number of hydrogen-bond acceptors (Lipinski definition) is 4. The minimum atomic E-state index is -0.850. The maximum absolute atomic E-state index is 10.5. The second-order valence-corrected chi connectivity index (χ2v) is 3.95. The second kappa shape index (κ2) is 4.06. The summed E-state index contributed by atoms with van der Waals surface area (Å²) in [6, 6.07) is 7.65. The minimum absolute atomic E-state index is 0.0300. The molecule has 0 saturated heterocycles. The zero-order valence-electron chi connectivity index (χ0n) is 9.45. The molecule has 0 aliphatic heterocycles. The van der Waals surface area contributed by atoms with Gasteiger partial charge in [-0.2, -0.15) is 0 Å². The lowest BCUT2D eigenvalue weighted by Gasteiger charge is -1.96. The summed E-state index contributed by atoms with van der Waals surface area (Å²) in [5.41, 5.74) is 1.56. The van der Waals surface area contributed by atoms with E-state index in [1.165, 1.54) is 0 Å². The fourth-order valence-electron chi connectivity index (χ4n) is 1.85. The van der Waals surface area contributed by atoms with Crippen LogP contribution in [0.3, 0.4) is 0 Å². The molecular weight excluding hydrogens is 232 g/mol. The molecule has 2 aromatic heterocycles. The third-order valence-corrected chi connectivity index (χ3v) is 2.69. The van der Waals surface area contributed by atoms with E-state index in [0.717, 1.165) is 10.9 Å². The topological polar surface area (TPSA) is 80.4 Å². The fraction of sp³-hybridized carbons (Fsp3) is 0.167. The molecule has 1 N–H and O–H groups in total. The first-order valence-electron chi connectivity index (χ1n) is 5.55. The predicted molar refractivity (Wildman–Crippen MR) is 64.2 cm³/mol. The van der Waals surface area contributed by atoms with Crippen LogP contribution in [0.15, 0.2) is 30.6 Å². The Morgan fingerprint density at radius 3 is 3.00 bits per heavy atom. The number of aryl methyl sites for hydroxylation is 1. The zero-order chi connectivity index (χ0) is 12.5. The Kier molecular flexibility index (Phi) is 2.40. The number of carbonyl (C=O) groups is 1. The van der Waals surface area contributed by atoms with Crippen LogP contribution in [-0.2, 0) is 11.2 Å². The summed E-state index contributed by atoms with van der Waals surface area (Å²) in [5, 5.41) is 13.8. The van der Waals surface area contributed by atoms with E-state index < -0.39 is 5.97 Å². The summed E-state index contributed by atoms with van der Waals surface area (Å²) in [6.45, 7) is 0. The maximum Gasteiger partial charge on any atom is 0.303 e. The molecule has 0 fully saturated rings. The van der Waals surface area contributed by atoms with E-state index >= 15 is 0 Å². The predicted octanol–water partition coefficient (Wildman–Crippen LogP) is 1.29. The number of fused-ring (bicyclic) bond motifs is 3. The van der Waals surface area contributed by atoms with Crippen molar-refractivity contribution in [3.63, 3.8) is 0 Å². The number of aliphatic carboxylic acids is 1. The molecule has 6 heteroatoms. The quantitative estimate of drug-likeness (QED) is 0.748. The molecule has 0 aliphatic rings. The SMILES string of the molecule is O=C(O)CCc1nc2c3ccccc3ncn2n1. The molecule has 0 unspecified atom stereocenters. The summed E-state index contributed by atoms with van der Waals surface area (Å²) >= 11 is 0. The van der Waals surface area contributed by atoms with Crippen LogP contribution in [0.5, 0.6) is 0 Å². The number of rotatable bonds is 3. The first kappa shape index (κ1) is 10.6. The Bertz CT molecular complexity index is 735. The van der Waals surface area contributed by atoms with Crippen LogP contribution in [-0.4, -0.2) is 30.7 Å². The van der Waals surface area contributed by atoms with Gasteiger partial charge < -0.3 is 5.11 Å².